The van der Waals surface area contributed by atoms with E-state index in [0.29, 0.717) is 13.2 Å². The van der Waals surface area contributed by atoms with E-state index in [1.54, 1.807) is 0 Å². The average Bonchev–Trinajstić information content (AvgIpc) is 3.26. The Morgan fingerprint density at radius 3 is 2.43 bits per heavy atom. The third kappa shape index (κ3) is 5.05. The number of aromatic nitrogens is 2. The molecule has 35 heavy (non-hydrogen) atoms. The van der Waals surface area contributed by atoms with Crippen molar-refractivity contribution in [1.29, 1.82) is 0 Å². The highest BCUT2D eigenvalue weighted by Crippen LogP contribution is 2.26. The number of H-pyrrole nitrogens is 1. The molecule has 4 N–H and O–H groups in total. The van der Waals surface area contributed by atoms with Crippen LogP contribution in [0.1, 0.15) is 22.4 Å². The van der Waals surface area contributed by atoms with Gasteiger partial charge in [-0.1, -0.05) is 78.9 Å². The number of nitrogens with two attached hydrogens (primary N) is 1. The van der Waals surface area contributed by atoms with Crippen LogP contribution in [0.25, 0.3) is 16.8 Å². The zero-order chi connectivity index (χ0) is 24.0. The Hall–Kier alpha value is -4.09. The van der Waals surface area contributed by atoms with Crippen LogP contribution in [0.15, 0.2) is 97.2 Å². The summed E-state index contributed by atoms with van der Waals surface area (Å²) in [7, 11) is 0. The lowest BCUT2D eigenvalue weighted by atomic mass is 9.97. The predicted octanol–water partition coefficient (Wildman–Crippen LogP) is 5.42. The van der Waals surface area contributed by atoms with Crippen molar-refractivity contribution < 1.29 is 9.14 Å². The van der Waals surface area contributed by atoms with Gasteiger partial charge in [-0.25, -0.2) is 0 Å². The van der Waals surface area contributed by atoms with Gasteiger partial charge in [-0.15, -0.1) is 0 Å². The van der Waals surface area contributed by atoms with Gasteiger partial charge in [-0.2, -0.15) is 4.40 Å². The summed E-state index contributed by atoms with van der Waals surface area (Å²) in [6, 6.07) is 31.4. The summed E-state index contributed by atoms with van der Waals surface area (Å²) < 4.78 is 8.34. The highest BCUT2D eigenvalue weighted by atomic mass is 16.5. The average molecular weight is 464 g/mol. The number of rotatable bonds is 9. The lowest BCUT2D eigenvalue weighted by molar-refractivity contribution is -0.495. The van der Waals surface area contributed by atoms with Crippen LogP contribution in [0.5, 0.6) is 5.75 Å². The van der Waals surface area contributed by atoms with Crippen LogP contribution < -0.4 is 20.2 Å². The fraction of sp³-hybridized carbons (Fsp3) is 0.167. The molecule has 0 unspecified atom stereocenters. The lowest BCUT2D eigenvalue weighted by Gasteiger charge is -2.13. The number of aromatic amines is 1. The van der Waals surface area contributed by atoms with Crippen molar-refractivity contribution in [3.8, 4) is 16.9 Å². The van der Waals surface area contributed by atoms with Gasteiger partial charge in [-0.3, -0.25) is 4.98 Å². The van der Waals surface area contributed by atoms with Crippen LogP contribution in [0, 0.1) is 6.92 Å². The van der Waals surface area contributed by atoms with Gasteiger partial charge in [0, 0.05) is 12.5 Å². The van der Waals surface area contributed by atoms with Crippen molar-refractivity contribution in [2.75, 3.05) is 11.9 Å². The van der Waals surface area contributed by atoms with E-state index in [0.717, 1.165) is 35.9 Å². The molecule has 0 atom stereocenters. The molecule has 0 amide bonds. The molecule has 0 bridgehead atoms. The first kappa shape index (κ1) is 22.7. The fourth-order valence-electron chi connectivity index (χ4n) is 4.45. The topological polar surface area (TPSA) is 67.2 Å². The molecule has 5 heteroatoms. The number of pyridine rings is 1. The molecular weight excluding hydrogens is 432 g/mol. The van der Waals surface area contributed by atoms with Crippen LogP contribution in [0.3, 0.4) is 0 Å². The molecule has 2 aromatic heterocycles. The van der Waals surface area contributed by atoms with Crippen molar-refractivity contribution in [3.63, 3.8) is 0 Å². The summed E-state index contributed by atoms with van der Waals surface area (Å²) in [5.74, 6) is 1.78. The molecule has 0 saturated heterocycles. The lowest BCUT2D eigenvalue weighted by Crippen LogP contribution is -2.26. The van der Waals surface area contributed by atoms with Gasteiger partial charge < -0.3 is 15.8 Å². The first-order chi connectivity index (χ1) is 17.2. The largest absolute Gasteiger partial charge is 0.486 e. The van der Waals surface area contributed by atoms with Crippen molar-refractivity contribution in [2.24, 2.45) is 5.73 Å². The van der Waals surface area contributed by atoms with Crippen LogP contribution in [-0.2, 0) is 19.6 Å². The first-order valence-electron chi connectivity index (χ1n) is 12.0. The Morgan fingerprint density at radius 1 is 0.886 bits per heavy atom. The number of hydrogen-bond donors (Lipinski definition) is 3. The molecule has 176 valence electrons. The smallest absolute Gasteiger partial charge is 0.262 e. The highest BCUT2D eigenvalue weighted by Gasteiger charge is 2.18. The summed E-state index contributed by atoms with van der Waals surface area (Å²) in [5.41, 5.74) is 14.2. The number of nitrogens with zero attached hydrogens (tertiary/aromatic N) is 1. The van der Waals surface area contributed by atoms with Gasteiger partial charge in [0.05, 0.1) is 13.1 Å². The molecule has 0 fully saturated rings. The van der Waals surface area contributed by atoms with Crippen molar-refractivity contribution >= 4 is 11.5 Å². The maximum Gasteiger partial charge on any atom is 0.262 e. The normalized spacial score (nSPS) is 11.0. The number of imidazole rings is 1. The second-order valence-electron chi connectivity index (χ2n) is 8.68. The Bertz CT molecular complexity index is 1410. The van der Waals surface area contributed by atoms with Crippen LogP contribution in [-0.4, -0.2) is 11.5 Å². The van der Waals surface area contributed by atoms with Gasteiger partial charge in [-0.05, 0) is 40.8 Å². The Morgan fingerprint density at radius 2 is 1.66 bits per heavy atom. The van der Waals surface area contributed by atoms with E-state index in [1.165, 1.54) is 27.8 Å². The molecule has 3 aromatic carbocycles. The summed E-state index contributed by atoms with van der Waals surface area (Å²) in [4.78, 5) is 3.42. The summed E-state index contributed by atoms with van der Waals surface area (Å²) >= 11 is 0. The van der Waals surface area contributed by atoms with E-state index in [-0.39, 0.29) is 0 Å². The van der Waals surface area contributed by atoms with Crippen molar-refractivity contribution in [2.45, 2.75) is 26.5 Å². The standard InChI is InChI=1S/C30H30N4O/c1-22-25(13-8-14-27(22)24-11-6-3-7-12-24)21-35-26-15-16-29-33-28(19-31)30(34(29)20-26)32-18-17-23-9-4-2-5-10-23/h2-16,20,32H,17-19,21,31H2,1H3/p+1. The van der Waals surface area contributed by atoms with Gasteiger partial charge in [0.1, 0.15) is 12.8 Å². The molecule has 2 heterocycles. The van der Waals surface area contributed by atoms with Gasteiger partial charge in [0.25, 0.3) is 5.82 Å². The molecule has 0 aliphatic carbocycles. The van der Waals surface area contributed by atoms with Crippen molar-refractivity contribution in [1.82, 2.24) is 4.98 Å². The molecule has 0 spiro atoms. The third-order valence-electron chi connectivity index (χ3n) is 6.41. The van der Waals surface area contributed by atoms with Gasteiger partial charge in [0.2, 0.25) is 5.65 Å². The van der Waals surface area contributed by atoms with E-state index < -0.39 is 0 Å². The third-order valence-corrected chi connectivity index (χ3v) is 6.41. The van der Waals surface area contributed by atoms with Crippen LogP contribution in [0.2, 0.25) is 0 Å². The fourth-order valence-corrected chi connectivity index (χ4v) is 4.45. The minimum absolute atomic E-state index is 0.428. The Balaban J connectivity index is 1.34. The predicted molar refractivity (Wildman–Crippen MR) is 141 cm³/mol. The molecule has 5 nitrogen and oxygen atoms in total. The maximum atomic E-state index is 6.25. The zero-order valence-electron chi connectivity index (χ0n) is 20.0. The molecule has 0 radical (unpaired) electrons. The van der Waals surface area contributed by atoms with Gasteiger partial charge in [0.15, 0.2) is 11.4 Å². The Labute approximate surface area is 206 Å². The number of benzene rings is 3. The van der Waals surface area contributed by atoms with E-state index in [9.17, 15) is 0 Å². The second kappa shape index (κ2) is 10.5. The minimum atomic E-state index is 0.428. The van der Waals surface area contributed by atoms with E-state index in [4.69, 9.17) is 10.5 Å². The molecule has 0 aliphatic rings. The highest BCUT2D eigenvalue weighted by molar-refractivity contribution is 5.68. The van der Waals surface area contributed by atoms with Crippen LogP contribution in [0.4, 0.5) is 5.82 Å². The number of nitrogens with one attached hydrogen (secondary N) is 2. The molecule has 0 aliphatic heterocycles. The van der Waals surface area contributed by atoms with E-state index >= 15 is 0 Å². The van der Waals surface area contributed by atoms with E-state index in [2.05, 4.69) is 88.4 Å². The number of ether oxygens (including phenoxy) is 1. The number of fused-ring (bicyclic) bond motifs is 1. The summed E-state index contributed by atoms with van der Waals surface area (Å²) in [5, 5.41) is 3.57. The molecule has 0 saturated carbocycles. The summed E-state index contributed by atoms with van der Waals surface area (Å²) in [6.45, 7) is 3.90. The first-order valence-corrected chi connectivity index (χ1v) is 12.0. The monoisotopic (exact) mass is 463 g/mol. The minimum Gasteiger partial charge on any atom is -0.486 e. The number of hydrogen-bond acceptors (Lipinski definition) is 3. The summed E-state index contributed by atoms with van der Waals surface area (Å²) in [6.07, 6.45) is 2.96. The van der Waals surface area contributed by atoms with Crippen LogP contribution >= 0.6 is 0 Å². The van der Waals surface area contributed by atoms with E-state index in [1.807, 2.05) is 30.5 Å². The molecular formula is C30H31N4O+. The second-order valence-corrected chi connectivity index (χ2v) is 8.68. The quantitative estimate of drug-likeness (QED) is 0.256. The maximum absolute atomic E-state index is 6.25. The molecule has 5 rings (SSSR count). The zero-order valence-corrected chi connectivity index (χ0v) is 20.0. The Kier molecular flexibility index (Phi) is 6.77. The van der Waals surface area contributed by atoms with Gasteiger partial charge >= 0.3 is 0 Å². The SMILES string of the molecule is Cc1c(COc2ccc3[nH]c(CN)c(NCCc4ccccc4)[n+]3c2)cccc1-c1ccccc1. The van der Waals surface area contributed by atoms with Crippen molar-refractivity contribution in [3.05, 3.63) is 120 Å². The molecule has 5 aromatic rings. The number of anilines is 1.